The van der Waals surface area contributed by atoms with Gasteiger partial charge in [-0.2, -0.15) is 4.31 Å². The monoisotopic (exact) mass is 326 g/mol. The fourth-order valence-electron chi connectivity index (χ4n) is 2.92. The van der Waals surface area contributed by atoms with Crippen molar-refractivity contribution in [1.82, 2.24) is 4.31 Å². The van der Waals surface area contributed by atoms with Crippen molar-refractivity contribution >= 4 is 21.6 Å². The highest BCUT2D eigenvalue weighted by Crippen LogP contribution is 2.33. The molecule has 1 saturated heterocycles. The second-order valence-corrected chi connectivity index (χ2v) is 7.31. The molecule has 0 saturated carbocycles. The van der Waals surface area contributed by atoms with Crippen LogP contribution in [-0.4, -0.2) is 49.5 Å². The number of rotatable bonds is 4. The highest BCUT2D eigenvalue weighted by molar-refractivity contribution is 7.89. The maximum absolute atomic E-state index is 12.8. The largest absolute Gasteiger partial charge is 0.482 e. The van der Waals surface area contributed by atoms with Crippen molar-refractivity contribution in [2.45, 2.75) is 30.2 Å². The predicted molar refractivity (Wildman–Crippen MR) is 79.2 cm³/mol. The second kappa shape index (κ2) is 5.86. The van der Waals surface area contributed by atoms with Crippen LogP contribution in [0.4, 0.5) is 5.69 Å². The van der Waals surface area contributed by atoms with Crippen molar-refractivity contribution in [3.63, 3.8) is 0 Å². The zero-order valence-electron chi connectivity index (χ0n) is 12.0. The van der Waals surface area contributed by atoms with E-state index in [0.29, 0.717) is 24.4 Å². The van der Waals surface area contributed by atoms with E-state index in [1.165, 1.54) is 16.4 Å². The number of sulfonamides is 1. The fourth-order valence-corrected chi connectivity index (χ4v) is 4.67. The third kappa shape index (κ3) is 2.69. The first-order valence-electron chi connectivity index (χ1n) is 7.22. The molecule has 3 rings (SSSR count). The maximum atomic E-state index is 12.8. The molecule has 2 N–H and O–H groups in total. The summed E-state index contributed by atoms with van der Waals surface area (Å²) in [5.41, 5.74) is 0.371. The van der Waals surface area contributed by atoms with Crippen LogP contribution in [0.25, 0.3) is 0 Å². The molecular formula is C14H18N2O5S. The van der Waals surface area contributed by atoms with Gasteiger partial charge in [0.15, 0.2) is 6.61 Å². The number of hydrogen-bond acceptors (Lipinski definition) is 5. The molecule has 120 valence electrons. The molecular weight excluding hydrogens is 308 g/mol. The van der Waals surface area contributed by atoms with Crippen molar-refractivity contribution in [2.24, 2.45) is 0 Å². The first kappa shape index (κ1) is 15.3. The Bertz CT molecular complexity index is 688. The van der Waals surface area contributed by atoms with E-state index in [9.17, 15) is 13.2 Å². The van der Waals surface area contributed by atoms with Gasteiger partial charge in [0.25, 0.3) is 5.91 Å². The maximum Gasteiger partial charge on any atom is 0.262 e. The van der Waals surface area contributed by atoms with Crippen molar-refractivity contribution in [2.75, 3.05) is 25.1 Å². The second-order valence-electron chi connectivity index (χ2n) is 5.42. The molecule has 1 amide bonds. The molecule has 0 radical (unpaired) electrons. The number of anilines is 1. The molecule has 8 heteroatoms. The van der Waals surface area contributed by atoms with E-state index in [1.54, 1.807) is 6.07 Å². The minimum atomic E-state index is -3.65. The average molecular weight is 326 g/mol. The van der Waals surface area contributed by atoms with Gasteiger partial charge in [0, 0.05) is 19.2 Å². The number of nitrogens with one attached hydrogen (secondary N) is 1. The van der Waals surface area contributed by atoms with Gasteiger partial charge in [0.1, 0.15) is 5.75 Å². The quantitative estimate of drug-likeness (QED) is 0.842. The summed E-state index contributed by atoms with van der Waals surface area (Å²) >= 11 is 0. The van der Waals surface area contributed by atoms with Crippen LogP contribution in [0.5, 0.6) is 5.75 Å². The summed E-state index contributed by atoms with van der Waals surface area (Å²) in [5, 5.41) is 11.7. The molecule has 22 heavy (non-hydrogen) atoms. The summed E-state index contributed by atoms with van der Waals surface area (Å²) in [6.07, 6.45) is 1.98. The molecule has 0 aromatic heterocycles. The van der Waals surface area contributed by atoms with Crippen LogP contribution in [0, 0.1) is 0 Å². The van der Waals surface area contributed by atoms with E-state index in [4.69, 9.17) is 9.84 Å². The first-order valence-corrected chi connectivity index (χ1v) is 8.66. The van der Waals surface area contributed by atoms with Crippen molar-refractivity contribution in [1.29, 1.82) is 0 Å². The lowest BCUT2D eigenvalue weighted by Crippen LogP contribution is -2.36. The van der Waals surface area contributed by atoms with Crippen LogP contribution in [0.1, 0.15) is 19.3 Å². The summed E-state index contributed by atoms with van der Waals surface area (Å²) in [4.78, 5) is 11.5. The molecule has 0 spiro atoms. The van der Waals surface area contributed by atoms with Crippen molar-refractivity contribution in [3.05, 3.63) is 18.2 Å². The molecule has 1 unspecified atom stereocenters. The lowest BCUT2D eigenvalue weighted by Gasteiger charge is -2.24. The third-order valence-corrected chi connectivity index (χ3v) is 5.92. The number of carbonyl (C=O) groups is 1. The Labute approximate surface area is 128 Å². The Kier molecular flexibility index (Phi) is 4.07. The summed E-state index contributed by atoms with van der Waals surface area (Å²) < 4.78 is 32.2. The number of ether oxygens (including phenoxy) is 1. The summed E-state index contributed by atoms with van der Waals surface area (Å²) in [6, 6.07) is 4.30. The van der Waals surface area contributed by atoms with Gasteiger partial charge in [-0.05, 0) is 37.5 Å². The number of aliphatic hydroxyl groups is 1. The number of benzene rings is 1. The number of nitrogens with zero attached hydrogens (tertiary/aromatic N) is 1. The number of carbonyl (C=O) groups excluding carboxylic acids is 1. The van der Waals surface area contributed by atoms with Crippen LogP contribution in [0.15, 0.2) is 23.1 Å². The minimum Gasteiger partial charge on any atom is -0.482 e. The van der Waals surface area contributed by atoms with Gasteiger partial charge in [-0.15, -0.1) is 0 Å². The molecule has 2 heterocycles. The Hall–Kier alpha value is -1.64. The number of fused-ring (bicyclic) bond motifs is 1. The van der Waals surface area contributed by atoms with E-state index >= 15 is 0 Å². The summed E-state index contributed by atoms with van der Waals surface area (Å²) in [6.45, 7) is 0.349. The fraction of sp³-hybridized carbons (Fsp3) is 0.500. The van der Waals surface area contributed by atoms with Crippen LogP contribution in [0.3, 0.4) is 0 Å². The van der Waals surface area contributed by atoms with Gasteiger partial charge in [-0.3, -0.25) is 4.79 Å². The zero-order chi connectivity index (χ0) is 15.7. The number of amides is 1. The predicted octanol–water partition coefficient (Wildman–Crippen LogP) is 0.553. The standard InChI is InChI=1S/C14H18N2O5S/c17-7-5-10-2-1-6-16(10)22(19,20)11-3-4-13-12(8-11)15-14(18)9-21-13/h3-4,8,10,17H,1-2,5-7,9H2,(H,15,18). The number of aliphatic hydroxyl groups excluding tert-OH is 1. The Morgan fingerprint density at radius 2 is 2.23 bits per heavy atom. The van der Waals surface area contributed by atoms with E-state index in [0.717, 1.165) is 12.8 Å². The lowest BCUT2D eigenvalue weighted by atomic mass is 10.2. The number of hydrogen-bond donors (Lipinski definition) is 2. The Balaban J connectivity index is 1.92. The highest BCUT2D eigenvalue weighted by Gasteiger charge is 2.35. The Morgan fingerprint density at radius 3 is 3.00 bits per heavy atom. The van der Waals surface area contributed by atoms with Gasteiger partial charge in [-0.25, -0.2) is 8.42 Å². The lowest BCUT2D eigenvalue weighted by molar-refractivity contribution is -0.118. The van der Waals surface area contributed by atoms with Crippen molar-refractivity contribution in [3.8, 4) is 5.75 Å². The molecule has 1 aromatic carbocycles. The van der Waals surface area contributed by atoms with Crippen LogP contribution >= 0.6 is 0 Å². The normalized spacial score (nSPS) is 22.0. The van der Waals surface area contributed by atoms with Gasteiger partial charge in [-0.1, -0.05) is 0 Å². The summed E-state index contributed by atoms with van der Waals surface area (Å²) in [7, 11) is -3.65. The van der Waals surface area contributed by atoms with Gasteiger partial charge >= 0.3 is 0 Å². The topological polar surface area (TPSA) is 95.9 Å². The smallest absolute Gasteiger partial charge is 0.262 e. The SMILES string of the molecule is O=C1COc2ccc(S(=O)(=O)N3CCCC3CCO)cc2N1. The van der Waals surface area contributed by atoms with Gasteiger partial charge in [0.05, 0.1) is 10.6 Å². The molecule has 1 fully saturated rings. The minimum absolute atomic E-state index is 0.0369. The van der Waals surface area contributed by atoms with E-state index in [2.05, 4.69) is 5.32 Å². The molecule has 0 aliphatic carbocycles. The zero-order valence-corrected chi connectivity index (χ0v) is 12.8. The van der Waals surface area contributed by atoms with Crippen LogP contribution < -0.4 is 10.1 Å². The van der Waals surface area contributed by atoms with E-state index in [1.807, 2.05) is 0 Å². The van der Waals surface area contributed by atoms with Crippen LogP contribution in [-0.2, 0) is 14.8 Å². The molecule has 1 atom stereocenters. The molecule has 1 aromatic rings. The van der Waals surface area contributed by atoms with Crippen molar-refractivity contribution < 1.29 is 23.1 Å². The van der Waals surface area contributed by atoms with Crippen LogP contribution in [0.2, 0.25) is 0 Å². The first-order chi connectivity index (χ1) is 10.5. The average Bonchev–Trinajstić information content (AvgIpc) is 2.96. The Morgan fingerprint density at radius 1 is 1.41 bits per heavy atom. The van der Waals surface area contributed by atoms with Gasteiger partial charge < -0.3 is 15.2 Å². The highest BCUT2D eigenvalue weighted by atomic mass is 32.2. The van der Waals surface area contributed by atoms with Gasteiger partial charge in [0.2, 0.25) is 10.0 Å². The van der Waals surface area contributed by atoms with E-state index < -0.39 is 10.0 Å². The summed E-state index contributed by atoms with van der Waals surface area (Å²) in [5.74, 6) is 0.160. The van der Waals surface area contributed by atoms with E-state index in [-0.39, 0.29) is 30.1 Å². The molecule has 0 bridgehead atoms. The third-order valence-electron chi connectivity index (χ3n) is 3.98. The molecule has 7 nitrogen and oxygen atoms in total. The molecule has 2 aliphatic rings. The molecule has 2 aliphatic heterocycles.